The van der Waals surface area contributed by atoms with Gasteiger partial charge in [0.05, 0.1) is 18.4 Å². The minimum absolute atomic E-state index is 0.445. The predicted molar refractivity (Wildman–Crippen MR) is 116 cm³/mol. The van der Waals surface area contributed by atoms with Gasteiger partial charge >= 0.3 is 0 Å². The molecule has 3 rings (SSSR count). The number of benzene rings is 1. The van der Waals surface area contributed by atoms with Crippen LogP contribution in [0.1, 0.15) is 30.9 Å². The zero-order valence-electron chi connectivity index (χ0n) is 17.5. The molecule has 3 aromatic rings. The number of pyridine rings is 1. The smallest absolute Gasteiger partial charge is 0.214 e. The number of rotatable bonds is 9. The number of ether oxygens (including phenoxy) is 2. The van der Waals surface area contributed by atoms with E-state index in [0.29, 0.717) is 18.4 Å². The second-order valence-corrected chi connectivity index (χ2v) is 8.24. The third-order valence-corrected chi connectivity index (χ3v) is 5.35. The molecule has 0 saturated carbocycles. The third-order valence-electron chi connectivity index (χ3n) is 4.31. The molecule has 0 saturated heterocycles. The summed E-state index contributed by atoms with van der Waals surface area (Å²) in [7, 11) is 1.63. The van der Waals surface area contributed by atoms with Crippen LogP contribution in [0.5, 0.6) is 11.6 Å². The van der Waals surface area contributed by atoms with Crippen molar-refractivity contribution in [1.82, 2.24) is 10.1 Å². The fourth-order valence-corrected chi connectivity index (χ4v) is 3.83. The molecule has 0 aliphatic rings. The Labute approximate surface area is 176 Å². The molecular formula is C22H27N3O3S. The molecule has 1 aromatic carbocycles. The van der Waals surface area contributed by atoms with Gasteiger partial charge < -0.3 is 14.0 Å². The normalized spacial score (nSPS) is 11.0. The molecule has 0 atom stereocenters. The zero-order valence-corrected chi connectivity index (χ0v) is 18.3. The summed E-state index contributed by atoms with van der Waals surface area (Å²) < 4.78 is 18.5. The number of hydrogen-bond donors (Lipinski definition) is 0. The Hall–Kier alpha value is -2.67. The molecule has 0 aliphatic heterocycles. The van der Waals surface area contributed by atoms with Crippen molar-refractivity contribution in [3.63, 3.8) is 0 Å². The van der Waals surface area contributed by atoms with Crippen molar-refractivity contribution in [2.75, 3.05) is 18.0 Å². The van der Waals surface area contributed by atoms with E-state index in [1.54, 1.807) is 19.1 Å². The highest BCUT2D eigenvalue weighted by Gasteiger charge is 2.14. The topological polar surface area (TPSA) is 60.6 Å². The van der Waals surface area contributed by atoms with E-state index in [4.69, 9.17) is 14.0 Å². The average Bonchev–Trinajstić information content (AvgIpc) is 3.04. The maximum Gasteiger partial charge on any atom is 0.214 e. The standard InChI is InChI=1S/C22H27N3O3S/c1-15(2)13-25(21-7-6-8-22(23-21)26-5)29-19-11-9-18(10-12-19)27-14-20-16(3)24-28-17(20)4/h6-12,15H,13-14H2,1-5H3. The lowest BCUT2D eigenvalue weighted by Gasteiger charge is -2.24. The molecule has 154 valence electrons. The first-order chi connectivity index (χ1) is 14.0. The van der Waals surface area contributed by atoms with Crippen LogP contribution in [0.15, 0.2) is 51.9 Å². The number of nitrogens with zero attached hydrogens (tertiary/aromatic N) is 3. The summed E-state index contributed by atoms with van der Waals surface area (Å²) in [6.07, 6.45) is 0. The minimum Gasteiger partial charge on any atom is -0.489 e. The van der Waals surface area contributed by atoms with Crippen molar-refractivity contribution in [3.05, 3.63) is 59.5 Å². The van der Waals surface area contributed by atoms with Crippen molar-refractivity contribution < 1.29 is 14.0 Å². The lowest BCUT2D eigenvalue weighted by atomic mass is 10.2. The third kappa shape index (κ3) is 5.67. The van der Waals surface area contributed by atoms with Crippen LogP contribution in [0.3, 0.4) is 0 Å². The molecule has 0 fully saturated rings. The van der Waals surface area contributed by atoms with Crippen LogP contribution in [0.2, 0.25) is 0 Å². The summed E-state index contributed by atoms with van der Waals surface area (Å²) in [6, 6.07) is 13.9. The summed E-state index contributed by atoms with van der Waals surface area (Å²) in [4.78, 5) is 5.69. The van der Waals surface area contributed by atoms with Crippen LogP contribution in [0, 0.1) is 19.8 Å². The Morgan fingerprint density at radius 1 is 1.10 bits per heavy atom. The van der Waals surface area contributed by atoms with Gasteiger partial charge in [0.2, 0.25) is 5.88 Å². The molecule has 2 aromatic heterocycles. The SMILES string of the molecule is COc1cccc(N(CC(C)C)Sc2ccc(OCc3c(C)noc3C)cc2)n1. The van der Waals surface area contributed by atoms with Gasteiger partial charge in [-0.05, 0) is 62.0 Å². The highest BCUT2D eigenvalue weighted by atomic mass is 32.2. The highest BCUT2D eigenvalue weighted by molar-refractivity contribution is 8.00. The largest absolute Gasteiger partial charge is 0.489 e. The summed E-state index contributed by atoms with van der Waals surface area (Å²) in [6.45, 7) is 9.52. The molecule has 0 bridgehead atoms. The van der Waals surface area contributed by atoms with Crippen LogP contribution in [-0.2, 0) is 6.61 Å². The van der Waals surface area contributed by atoms with Crippen LogP contribution in [-0.4, -0.2) is 23.8 Å². The van der Waals surface area contributed by atoms with E-state index >= 15 is 0 Å². The van der Waals surface area contributed by atoms with Gasteiger partial charge in [-0.3, -0.25) is 4.31 Å². The fourth-order valence-electron chi connectivity index (χ4n) is 2.75. The van der Waals surface area contributed by atoms with Gasteiger partial charge in [-0.2, -0.15) is 4.98 Å². The Morgan fingerprint density at radius 3 is 2.48 bits per heavy atom. The van der Waals surface area contributed by atoms with Crippen molar-refractivity contribution in [1.29, 1.82) is 0 Å². The van der Waals surface area contributed by atoms with E-state index in [9.17, 15) is 0 Å². The summed E-state index contributed by atoms with van der Waals surface area (Å²) in [5, 5.41) is 3.96. The average molecular weight is 414 g/mol. The van der Waals surface area contributed by atoms with E-state index in [0.717, 1.165) is 40.0 Å². The lowest BCUT2D eigenvalue weighted by Crippen LogP contribution is -2.21. The molecule has 0 spiro atoms. The molecule has 0 radical (unpaired) electrons. The van der Waals surface area contributed by atoms with Gasteiger partial charge in [-0.25, -0.2) is 0 Å². The molecule has 2 heterocycles. The van der Waals surface area contributed by atoms with E-state index in [2.05, 4.69) is 40.4 Å². The first-order valence-corrected chi connectivity index (χ1v) is 10.3. The number of hydrogen-bond acceptors (Lipinski definition) is 7. The second-order valence-electron chi connectivity index (χ2n) is 7.15. The molecule has 6 nitrogen and oxygen atoms in total. The van der Waals surface area contributed by atoms with E-state index in [1.165, 1.54) is 0 Å². The van der Waals surface area contributed by atoms with Crippen molar-refractivity contribution in [2.24, 2.45) is 5.92 Å². The van der Waals surface area contributed by atoms with Crippen LogP contribution >= 0.6 is 11.9 Å². The first kappa shape index (κ1) is 21.0. The maximum atomic E-state index is 5.90. The summed E-state index contributed by atoms with van der Waals surface area (Å²) in [5.74, 6) is 3.59. The second kappa shape index (κ2) is 9.69. The van der Waals surface area contributed by atoms with Crippen LogP contribution < -0.4 is 13.8 Å². The van der Waals surface area contributed by atoms with Crippen molar-refractivity contribution >= 4 is 17.8 Å². The monoisotopic (exact) mass is 413 g/mol. The molecular weight excluding hydrogens is 386 g/mol. The van der Waals surface area contributed by atoms with E-state index in [1.807, 2.05) is 44.2 Å². The quantitative estimate of drug-likeness (QED) is 0.433. The molecule has 29 heavy (non-hydrogen) atoms. The molecule has 0 amide bonds. The van der Waals surface area contributed by atoms with Gasteiger partial charge in [-0.15, -0.1) is 0 Å². The lowest BCUT2D eigenvalue weighted by molar-refractivity contribution is 0.301. The van der Waals surface area contributed by atoms with E-state index < -0.39 is 0 Å². The zero-order chi connectivity index (χ0) is 20.8. The Kier molecular flexibility index (Phi) is 7.04. The first-order valence-electron chi connectivity index (χ1n) is 9.57. The number of aryl methyl sites for hydroxylation is 2. The van der Waals surface area contributed by atoms with Gasteiger partial charge in [0.15, 0.2) is 0 Å². The predicted octanol–water partition coefficient (Wildman–Crippen LogP) is 5.44. The Bertz CT molecular complexity index is 906. The van der Waals surface area contributed by atoms with Gasteiger partial charge in [0.25, 0.3) is 0 Å². The number of methoxy groups -OCH3 is 1. The van der Waals surface area contributed by atoms with Crippen LogP contribution in [0.4, 0.5) is 5.82 Å². The number of anilines is 1. The Morgan fingerprint density at radius 2 is 1.86 bits per heavy atom. The van der Waals surface area contributed by atoms with E-state index in [-0.39, 0.29) is 0 Å². The molecule has 0 aliphatic carbocycles. The minimum atomic E-state index is 0.445. The molecule has 7 heteroatoms. The molecule has 0 N–H and O–H groups in total. The fraction of sp³-hybridized carbons (Fsp3) is 0.364. The Balaban J connectivity index is 1.68. The van der Waals surface area contributed by atoms with Crippen LogP contribution in [0.25, 0.3) is 0 Å². The number of aromatic nitrogens is 2. The summed E-state index contributed by atoms with van der Waals surface area (Å²) >= 11 is 1.65. The van der Waals surface area contributed by atoms with Crippen molar-refractivity contribution in [2.45, 2.75) is 39.2 Å². The van der Waals surface area contributed by atoms with Crippen molar-refractivity contribution in [3.8, 4) is 11.6 Å². The highest BCUT2D eigenvalue weighted by Crippen LogP contribution is 2.31. The molecule has 0 unspecified atom stereocenters. The van der Waals surface area contributed by atoms with Gasteiger partial charge in [-0.1, -0.05) is 25.1 Å². The van der Waals surface area contributed by atoms with Gasteiger partial charge in [0, 0.05) is 17.5 Å². The summed E-state index contributed by atoms with van der Waals surface area (Å²) in [5.41, 5.74) is 1.86. The maximum absolute atomic E-state index is 5.90. The van der Waals surface area contributed by atoms with Gasteiger partial charge in [0.1, 0.15) is 23.9 Å².